The van der Waals surface area contributed by atoms with Gasteiger partial charge in [-0.25, -0.2) is 0 Å². The maximum Gasteiger partial charge on any atom is 0.253 e. The summed E-state index contributed by atoms with van der Waals surface area (Å²) in [5.74, 6) is 1.91. The van der Waals surface area contributed by atoms with E-state index in [9.17, 15) is 4.79 Å². The normalized spacial score (nSPS) is 16.8. The average Bonchev–Trinajstić information content (AvgIpc) is 2.77. The maximum absolute atomic E-state index is 13.0. The molecule has 0 unspecified atom stereocenters. The minimum atomic E-state index is 0.0404. The molecule has 0 saturated carbocycles. The summed E-state index contributed by atoms with van der Waals surface area (Å²) in [5.41, 5.74) is 2.19. The third-order valence-corrected chi connectivity index (χ3v) is 5.05. The number of carbonyl (C=O) groups excluding carboxylic acids is 1. The third-order valence-electron chi connectivity index (χ3n) is 5.05. The minimum absolute atomic E-state index is 0.0404. The van der Waals surface area contributed by atoms with Crippen LogP contribution in [0.4, 0.5) is 0 Å². The van der Waals surface area contributed by atoms with Crippen molar-refractivity contribution in [2.45, 2.75) is 12.8 Å². The van der Waals surface area contributed by atoms with Crippen molar-refractivity contribution in [3.63, 3.8) is 0 Å². The van der Waals surface area contributed by atoms with Crippen molar-refractivity contribution in [2.24, 2.45) is 5.92 Å². The monoisotopic (exact) mass is 377 g/mol. The first-order valence-corrected chi connectivity index (χ1v) is 9.50. The quantitative estimate of drug-likeness (QED) is 0.680. The summed E-state index contributed by atoms with van der Waals surface area (Å²) in [5, 5.41) is 0. The van der Waals surface area contributed by atoms with Gasteiger partial charge in [-0.1, -0.05) is 6.07 Å². The Kier molecular flexibility index (Phi) is 5.37. The maximum atomic E-state index is 13.0. The first-order valence-electron chi connectivity index (χ1n) is 9.50. The van der Waals surface area contributed by atoms with Crippen LogP contribution in [0, 0.1) is 5.92 Å². The topological polar surface area (TPSA) is 64.6 Å². The zero-order valence-corrected chi connectivity index (χ0v) is 15.9. The fourth-order valence-corrected chi connectivity index (χ4v) is 3.57. The summed E-state index contributed by atoms with van der Waals surface area (Å²) in [4.78, 5) is 23.4. The minimum Gasteiger partial charge on any atom is -0.497 e. The van der Waals surface area contributed by atoms with Crippen molar-refractivity contribution < 1.29 is 14.3 Å². The molecule has 0 bridgehead atoms. The van der Waals surface area contributed by atoms with E-state index in [-0.39, 0.29) is 5.91 Å². The van der Waals surface area contributed by atoms with Crippen LogP contribution in [0.15, 0.2) is 54.9 Å². The molecular formula is C22H23N3O3. The molecule has 6 nitrogen and oxygen atoms in total. The van der Waals surface area contributed by atoms with Gasteiger partial charge in [0.1, 0.15) is 11.5 Å². The van der Waals surface area contributed by atoms with Gasteiger partial charge >= 0.3 is 0 Å². The van der Waals surface area contributed by atoms with Gasteiger partial charge in [0, 0.05) is 43.0 Å². The molecule has 144 valence electrons. The van der Waals surface area contributed by atoms with Crippen LogP contribution in [0.3, 0.4) is 0 Å². The molecule has 1 amide bonds. The van der Waals surface area contributed by atoms with Gasteiger partial charge in [-0.3, -0.25) is 14.8 Å². The van der Waals surface area contributed by atoms with Gasteiger partial charge < -0.3 is 14.4 Å². The molecule has 1 aliphatic rings. The van der Waals surface area contributed by atoms with Crippen LogP contribution >= 0.6 is 0 Å². The summed E-state index contributed by atoms with van der Waals surface area (Å²) in [6.07, 6.45) is 5.33. The molecule has 0 N–H and O–H groups in total. The van der Waals surface area contributed by atoms with E-state index < -0.39 is 0 Å². The summed E-state index contributed by atoms with van der Waals surface area (Å²) in [6, 6.07) is 13.1. The molecule has 4 rings (SSSR count). The van der Waals surface area contributed by atoms with Crippen LogP contribution in [0.5, 0.6) is 11.5 Å². The largest absolute Gasteiger partial charge is 0.497 e. The van der Waals surface area contributed by atoms with E-state index in [0.29, 0.717) is 24.6 Å². The fourth-order valence-electron chi connectivity index (χ4n) is 3.57. The molecule has 2 aromatic carbocycles. The molecule has 1 saturated heterocycles. The first kappa shape index (κ1) is 18.2. The standard InChI is InChI=1S/C22H23N3O3/c1-27-18-5-2-6-19(13-18)28-15-16-4-3-11-25(14-16)22(26)17-7-8-20-21(12-17)24-10-9-23-20/h2,5-10,12-13,16H,3-4,11,14-15H2,1H3/t16-/m1/s1. The van der Waals surface area contributed by atoms with Crippen molar-refractivity contribution in [1.29, 1.82) is 0 Å². The van der Waals surface area contributed by atoms with Crippen LogP contribution in [-0.2, 0) is 0 Å². The highest BCUT2D eigenvalue weighted by atomic mass is 16.5. The molecule has 0 radical (unpaired) electrons. The van der Waals surface area contributed by atoms with Gasteiger partial charge in [-0.15, -0.1) is 0 Å². The highest BCUT2D eigenvalue weighted by Crippen LogP contribution is 2.23. The van der Waals surface area contributed by atoms with E-state index in [1.54, 1.807) is 19.5 Å². The third kappa shape index (κ3) is 4.06. The van der Waals surface area contributed by atoms with Gasteiger partial charge in [-0.05, 0) is 43.2 Å². The van der Waals surface area contributed by atoms with Crippen molar-refractivity contribution in [1.82, 2.24) is 14.9 Å². The van der Waals surface area contributed by atoms with Crippen LogP contribution < -0.4 is 9.47 Å². The lowest BCUT2D eigenvalue weighted by molar-refractivity contribution is 0.0633. The highest BCUT2D eigenvalue weighted by molar-refractivity contribution is 5.97. The molecule has 0 aliphatic carbocycles. The molecule has 1 atom stereocenters. The zero-order valence-electron chi connectivity index (χ0n) is 15.9. The number of likely N-dealkylation sites (tertiary alicyclic amines) is 1. The van der Waals surface area contributed by atoms with Crippen LogP contribution in [-0.4, -0.2) is 47.6 Å². The van der Waals surface area contributed by atoms with Gasteiger partial charge in [0.15, 0.2) is 0 Å². The Morgan fingerprint density at radius 3 is 2.79 bits per heavy atom. The molecule has 2 heterocycles. The Balaban J connectivity index is 1.40. The molecule has 1 aromatic heterocycles. The number of rotatable bonds is 5. The van der Waals surface area contributed by atoms with E-state index in [4.69, 9.17) is 9.47 Å². The Hall–Kier alpha value is -3.15. The number of ether oxygens (including phenoxy) is 2. The molecule has 1 fully saturated rings. The number of amides is 1. The fraction of sp³-hybridized carbons (Fsp3) is 0.318. The summed E-state index contributed by atoms with van der Waals surface area (Å²) < 4.78 is 11.2. The second kappa shape index (κ2) is 8.25. The van der Waals surface area contributed by atoms with Crippen molar-refractivity contribution in [2.75, 3.05) is 26.8 Å². The van der Waals surface area contributed by atoms with Crippen LogP contribution in [0.2, 0.25) is 0 Å². The van der Waals surface area contributed by atoms with E-state index >= 15 is 0 Å². The smallest absolute Gasteiger partial charge is 0.253 e. The van der Waals surface area contributed by atoms with Gasteiger partial charge in [0.25, 0.3) is 5.91 Å². The number of nitrogens with zero attached hydrogens (tertiary/aromatic N) is 3. The number of benzene rings is 2. The Bertz CT molecular complexity index is 976. The molecule has 3 aromatic rings. The summed E-state index contributed by atoms with van der Waals surface area (Å²) in [6.45, 7) is 2.05. The van der Waals surface area contributed by atoms with E-state index in [1.165, 1.54) is 0 Å². The van der Waals surface area contributed by atoms with Gasteiger partial charge in [0.2, 0.25) is 0 Å². The van der Waals surface area contributed by atoms with E-state index in [0.717, 1.165) is 41.9 Å². The highest BCUT2D eigenvalue weighted by Gasteiger charge is 2.25. The SMILES string of the molecule is COc1cccc(OC[C@@H]2CCCN(C(=O)c3ccc4nccnc4c3)C2)c1. The average molecular weight is 377 g/mol. The Morgan fingerprint density at radius 1 is 1.11 bits per heavy atom. The second-order valence-corrected chi connectivity index (χ2v) is 7.01. The Morgan fingerprint density at radius 2 is 1.93 bits per heavy atom. The second-order valence-electron chi connectivity index (χ2n) is 7.01. The van der Waals surface area contributed by atoms with Gasteiger partial charge in [0.05, 0.1) is 24.8 Å². The lowest BCUT2D eigenvalue weighted by atomic mass is 9.98. The number of aromatic nitrogens is 2. The van der Waals surface area contributed by atoms with Gasteiger partial charge in [-0.2, -0.15) is 0 Å². The number of piperidine rings is 1. The number of methoxy groups -OCH3 is 1. The van der Waals surface area contributed by atoms with E-state index in [2.05, 4.69) is 9.97 Å². The van der Waals surface area contributed by atoms with Crippen molar-refractivity contribution >= 4 is 16.9 Å². The lowest BCUT2D eigenvalue weighted by Gasteiger charge is -2.32. The predicted octanol–water partition coefficient (Wildman–Crippen LogP) is 3.57. The lowest BCUT2D eigenvalue weighted by Crippen LogP contribution is -2.41. The number of carbonyl (C=O) groups is 1. The van der Waals surface area contributed by atoms with Crippen molar-refractivity contribution in [3.05, 3.63) is 60.4 Å². The molecule has 28 heavy (non-hydrogen) atoms. The number of hydrogen-bond donors (Lipinski definition) is 0. The molecule has 1 aliphatic heterocycles. The predicted molar refractivity (Wildman–Crippen MR) is 107 cm³/mol. The number of fused-ring (bicyclic) bond motifs is 1. The van der Waals surface area contributed by atoms with Crippen LogP contribution in [0.25, 0.3) is 11.0 Å². The number of hydrogen-bond acceptors (Lipinski definition) is 5. The summed E-state index contributed by atoms with van der Waals surface area (Å²) in [7, 11) is 1.64. The van der Waals surface area contributed by atoms with E-state index in [1.807, 2.05) is 47.4 Å². The molecule has 0 spiro atoms. The summed E-state index contributed by atoms with van der Waals surface area (Å²) >= 11 is 0. The first-order chi connectivity index (χ1) is 13.7. The van der Waals surface area contributed by atoms with Crippen molar-refractivity contribution in [3.8, 4) is 11.5 Å². The molecular weight excluding hydrogens is 354 g/mol. The molecule has 6 heteroatoms. The van der Waals surface area contributed by atoms with Crippen LogP contribution in [0.1, 0.15) is 23.2 Å². The zero-order chi connectivity index (χ0) is 19.3. The Labute approximate surface area is 164 Å².